The number of aryl methyl sites for hydroxylation is 1. The number of hydrogen-bond donors (Lipinski definition) is 1. The molecular weight excluding hydrogens is 450 g/mol. The Kier molecular flexibility index (Phi) is 10.6. The molecule has 0 saturated heterocycles. The maximum absolute atomic E-state index is 13.5. The first-order valence-corrected chi connectivity index (χ1v) is 13.7. The van der Waals surface area contributed by atoms with E-state index in [9.17, 15) is 18.0 Å². The summed E-state index contributed by atoms with van der Waals surface area (Å²) in [6.07, 6.45) is 4.09. The second-order valence-corrected chi connectivity index (χ2v) is 10.3. The standard InChI is InChI=1S/C26H37N3O4S/c1-5-7-18-27-26(31)21(3)28(19-17-22-13-9-8-10-14-22)25(30)20-29(34(4,32)33)24-16-12-11-15-23(24)6-2/h8-16,21H,5-7,17-20H2,1-4H3,(H,27,31). The number of para-hydroxylation sites is 1. The van der Waals surface area contributed by atoms with Crippen molar-refractivity contribution in [1.82, 2.24) is 10.2 Å². The van der Waals surface area contributed by atoms with E-state index >= 15 is 0 Å². The number of carbonyl (C=O) groups is 2. The summed E-state index contributed by atoms with van der Waals surface area (Å²) in [5.74, 6) is -0.653. The quantitative estimate of drug-likeness (QED) is 0.439. The summed E-state index contributed by atoms with van der Waals surface area (Å²) in [5, 5.41) is 2.89. The van der Waals surface area contributed by atoms with E-state index in [4.69, 9.17) is 0 Å². The highest BCUT2D eigenvalue weighted by molar-refractivity contribution is 7.92. The summed E-state index contributed by atoms with van der Waals surface area (Å²) >= 11 is 0. The van der Waals surface area contributed by atoms with Crippen LogP contribution in [-0.2, 0) is 32.5 Å². The van der Waals surface area contributed by atoms with E-state index in [1.807, 2.05) is 56.3 Å². The van der Waals surface area contributed by atoms with Crippen molar-refractivity contribution < 1.29 is 18.0 Å². The van der Waals surface area contributed by atoms with Crippen molar-refractivity contribution in [2.45, 2.75) is 52.5 Å². The van der Waals surface area contributed by atoms with Gasteiger partial charge in [0.1, 0.15) is 12.6 Å². The molecule has 0 aromatic heterocycles. The fourth-order valence-electron chi connectivity index (χ4n) is 3.75. The van der Waals surface area contributed by atoms with E-state index in [1.54, 1.807) is 19.1 Å². The molecule has 0 spiro atoms. The third-order valence-corrected chi connectivity index (χ3v) is 6.93. The zero-order valence-electron chi connectivity index (χ0n) is 20.7. The number of rotatable bonds is 13. The van der Waals surface area contributed by atoms with Crippen LogP contribution in [0.1, 0.15) is 44.7 Å². The molecule has 186 valence electrons. The lowest BCUT2D eigenvalue weighted by atomic mass is 10.1. The Hall–Kier alpha value is -2.87. The summed E-state index contributed by atoms with van der Waals surface area (Å²) in [6.45, 7) is 6.15. The van der Waals surface area contributed by atoms with E-state index < -0.39 is 22.0 Å². The minimum Gasteiger partial charge on any atom is -0.354 e. The van der Waals surface area contributed by atoms with Crippen LogP contribution >= 0.6 is 0 Å². The molecule has 1 N–H and O–H groups in total. The predicted octanol–water partition coefficient (Wildman–Crippen LogP) is 3.39. The molecule has 0 fully saturated rings. The first kappa shape index (κ1) is 27.4. The van der Waals surface area contributed by atoms with Crippen LogP contribution < -0.4 is 9.62 Å². The van der Waals surface area contributed by atoms with Gasteiger partial charge in [-0.2, -0.15) is 0 Å². The van der Waals surface area contributed by atoms with Gasteiger partial charge in [-0.05, 0) is 43.4 Å². The van der Waals surface area contributed by atoms with Gasteiger partial charge < -0.3 is 10.2 Å². The maximum atomic E-state index is 13.5. The van der Waals surface area contributed by atoms with Crippen LogP contribution in [0.15, 0.2) is 54.6 Å². The number of nitrogens with one attached hydrogen (secondary N) is 1. The molecule has 7 nitrogen and oxygen atoms in total. The fraction of sp³-hybridized carbons (Fsp3) is 0.462. The van der Waals surface area contributed by atoms with E-state index in [0.717, 1.165) is 34.5 Å². The minimum absolute atomic E-state index is 0.241. The Morgan fingerprint density at radius 2 is 1.65 bits per heavy atom. The molecule has 2 rings (SSSR count). The molecule has 2 aromatic rings. The molecule has 0 saturated carbocycles. The van der Waals surface area contributed by atoms with Crippen molar-refractivity contribution in [2.24, 2.45) is 0 Å². The third kappa shape index (κ3) is 7.87. The second-order valence-electron chi connectivity index (χ2n) is 8.40. The summed E-state index contributed by atoms with van der Waals surface area (Å²) in [7, 11) is -3.72. The Morgan fingerprint density at radius 1 is 1.00 bits per heavy atom. The SMILES string of the molecule is CCCCNC(=O)C(C)N(CCc1ccccc1)C(=O)CN(c1ccccc1CC)S(C)(=O)=O. The van der Waals surface area contributed by atoms with E-state index in [-0.39, 0.29) is 12.5 Å². The Bertz CT molecular complexity index is 1040. The lowest BCUT2D eigenvalue weighted by molar-refractivity contribution is -0.138. The van der Waals surface area contributed by atoms with Crippen LogP contribution in [0.3, 0.4) is 0 Å². The fourth-order valence-corrected chi connectivity index (χ4v) is 4.63. The molecule has 0 aliphatic rings. The molecule has 34 heavy (non-hydrogen) atoms. The molecule has 0 aliphatic heterocycles. The van der Waals surface area contributed by atoms with E-state index in [1.165, 1.54) is 4.90 Å². The van der Waals surface area contributed by atoms with Crippen LogP contribution in [0.5, 0.6) is 0 Å². The van der Waals surface area contributed by atoms with Crippen molar-refractivity contribution in [3.8, 4) is 0 Å². The smallest absolute Gasteiger partial charge is 0.244 e. The number of amides is 2. The summed E-state index contributed by atoms with van der Waals surface area (Å²) in [4.78, 5) is 27.8. The lowest BCUT2D eigenvalue weighted by Gasteiger charge is -2.32. The van der Waals surface area contributed by atoms with Gasteiger partial charge in [0.15, 0.2) is 0 Å². The highest BCUT2D eigenvalue weighted by Crippen LogP contribution is 2.24. The van der Waals surface area contributed by atoms with Gasteiger partial charge in [-0.25, -0.2) is 8.42 Å². The van der Waals surface area contributed by atoms with Gasteiger partial charge >= 0.3 is 0 Å². The van der Waals surface area contributed by atoms with Crippen LogP contribution in [0.2, 0.25) is 0 Å². The van der Waals surface area contributed by atoms with Gasteiger partial charge in [-0.3, -0.25) is 13.9 Å². The first-order chi connectivity index (χ1) is 16.2. The number of nitrogens with zero attached hydrogens (tertiary/aromatic N) is 2. The molecule has 0 bridgehead atoms. The van der Waals surface area contributed by atoms with E-state index in [0.29, 0.717) is 31.6 Å². The molecule has 1 unspecified atom stereocenters. The van der Waals surface area contributed by atoms with Gasteiger partial charge in [-0.1, -0.05) is 68.8 Å². The topological polar surface area (TPSA) is 86.8 Å². The molecule has 2 amide bonds. The van der Waals surface area contributed by atoms with Crippen molar-refractivity contribution in [2.75, 3.05) is 30.2 Å². The van der Waals surface area contributed by atoms with Gasteiger partial charge in [0.2, 0.25) is 21.8 Å². The van der Waals surface area contributed by atoms with Crippen molar-refractivity contribution in [1.29, 1.82) is 0 Å². The first-order valence-electron chi connectivity index (χ1n) is 11.9. The average Bonchev–Trinajstić information content (AvgIpc) is 2.82. The minimum atomic E-state index is -3.72. The summed E-state index contributed by atoms with van der Waals surface area (Å²) in [6, 6.07) is 16.2. The van der Waals surface area contributed by atoms with Crippen molar-refractivity contribution in [3.63, 3.8) is 0 Å². The van der Waals surface area contributed by atoms with Gasteiger partial charge in [-0.15, -0.1) is 0 Å². The largest absolute Gasteiger partial charge is 0.354 e. The lowest BCUT2D eigenvalue weighted by Crippen LogP contribution is -2.52. The van der Waals surface area contributed by atoms with Crippen LogP contribution in [0.4, 0.5) is 5.69 Å². The monoisotopic (exact) mass is 487 g/mol. The van der Waals surface area contributed by atoms with Crippen LogP contribution in [-0.4, -0.2) is 57.1 Å². The molecule has 0 radical (unpaired) electrons. The Labute approximate surface area is 204 Å². The Balaban J connectivity index is 2.30. The van der Waals surface area contributed by atoms with Crippen molar-refractivity contribution >= 4 is 27.5 Å². The number of hydrogen-bond acceptors (Lipinski definition) is 4. The van der Waals surface area contributed by atoms with Crippen LogP contribution in [0, 0.1) is 0 Å². The summed E-state index contributed by atoms with van der Waals surface area (Å²) in [5.41, 5.74) is 2.36. The molecule has 1 atom stereocenters. The number of unbranched alkanes of at least 4 members (excludes halogenated alkanes) is 1. The third-order valence-electron chi connectivity index (χ3n) is 5.80. The van der Waals surface area contributed by atoms with Gasteiger partial charge in [0.05, 0.1) is 11.9 Å². The molecule has 0 heterocycles. The highest BCUT2D eigenvalue weighted by atomic mass is 32.2. The van der Waals surface area contributed by atoms with Crippen molar-refractivity contribution in [3.05, 3.63) is 65.7 Å². The van der Waals surface area contributed by atoms with E-state index in [2.05, 4.69) is 5.32 Å². The number of anilines is 1. The predicted molar refractivity (Wildman–Crippen MR) is 137 cm³/mol. The maximum Gasteiger partial charge on any atom is 0.244 e. The normalized spacial score (nSPS) is 12.1. The zero-order valence-corrected chi connectivity index (χ0v) is 21.5. The molecular formula is C26H37N3O4S. The second kappa shape index (κ2) is 13.1. The van der Waals surface area contributed by atoms with Gasteiger partial charge in [0.25, 0.3) is 0 Å². The Morgan fingerprint density at radius 3 is 2.26 bits per heavy atom. The van der Waals surface area contributed by atoms with Crippen LogP contribution in [0.25, 0.3) is 0 Å². The number of sulfonamides is 1. The molecule has 2 aromatic carbocycles. The molecule has 0 aliphatic carbocycles. The van der Waals surface area contributed by atoms with Gasteiger partial charge in [0, 0.05) is 13.1 Å². The number of benzene rings is 2. The average molecular weight is 488 g/mol. The molecule has 8 heteroatoms. The summed E-state index contributed by atoms with van der Waals surface area (Å²) < 4.78 is 26.5. The zero-order chi connectivity index (χ0) is 25.1. The number of carbonyl (C=O) groups excluding carboxylic acids is 2. The highest BCUT2D eigenvalue weighted by Gasteiger charge is 2.30.